The van der Waals surface area contributed by atoms with E-state index in [9.17, 15) is 4.79 Å². The van der Waals surface area contributed by atoms with Crippen molar-refractivity contribution >= 4 is 5.91 Å². The lowest BCUT2D eigenvalue weighted by atomic mass is 9.97. The highest BCUT2D eigenvalue weighted by Crippen LogP contribution is 2.18. The first-order valence-electron chi connectivity index (χ1n) is 8.71. The minimum Gasteiger partial charge on any atom is -0.356 e. The largest absolute Gasteiger partial charge is 0.356 e. The molecule has 2 aromatic rings. The molecule has 1 fully saturated rings. The molecule has 0 bridgehead atoms. The number of benzene rings is 1. The molecule has 5 heteroatoms. The molecule has 1 aliphatic rings. The molecule has 3 rings (SSSR count). The summed E-state index contributed by atoms with van der Waals surface area (Å²) in [5, 5.41) is 7.23. The maximum Gasteiger partial charge on any atom is 0.216 e. The Bertz CT molecular complexity index is 653. The van der Waals surface area contributed by atoms with Crippen molar-refractivity contribution in [1.82, 2.24) is 20.0 Å². The Morgan fingerprint density at radius 2 is 2.12 bits per heavy atom. The van der Waals surface area contributed by atoms with Gasteiger partial charge in [0.25, 0.3) is 0 Å². The van der Waals surface area contributed by atoms with E-state index in [-0.39, 0.29) is 5.91 Å². The molecule has 1 saturated heterocycles. The number of piperidine rings is 1. The summed E-state index contributed by atoms with van der Waals surface area (Å²) in [5.41, 5.74) is 2.63. The van der Waals surface area contributed by atoms with Crippen LogP contribution in [0.1, 0.15) is 30.9 Å². The Labute approximate surface area is 143 Å². The number of carbonyl (C=O) groups excluding carboxylic acids is 1. The molecule has 24 heavy (non-hydrogen) atoms. The van der Waals surface area contributed by atoms with Gasteiger partial charge in [-0.2, -0.15) is 5.10 Å². The van der Waals surface area contributed by atoms with E-state index >= 15 is 0 Å². The summed E-state index contributed by atoms with van der Waals surface area (Å²) in [4.78, 5) is 13.6. The van der Waals surface area contributed by atoms with Crippen LogP contribution in [0.5, 0.6) is 0 Å². The number of hydrogen-bond donors (Lipinski definition) is 1. The van der Waals surface area contributed by atoms with Gasteiger partial charge in [0.1, 0.15) is 0 Å². The minimum absolute atomic E-state index is 0.0680. The van der Waals surface area contributed by atoms with Gasteiger partial charge >= 0.3 is 0 Å². The first kappa shape index (κ1) is 16.7. The number of likely N-dealkylation sites (tertiary alicyclic amines) is 1. The molecule has 1 atom stereocenters. The van der Waals surface area contributed by atoms with E-state index in [1.165, 1.54) is 24.0 Å². The quantitative estimate of drug-likeness (QED) is 0.886. The molecule has 2 heterocycles. The molecule has 1 amide bonds. The van der Waals surface area contributed by atoms with Crippen LogP contribution >= 0.6 is 0 Å². The number of nitrogens with zero attached hydrogens (tertiary/aromatic N) is 3. The van der Waals surface area contributed by atoms with Crippen LogP contribution in [0, 0.1) is 5.92 Å². The maximum atomic E-state index is 11.1. The molecule has 5 nitrogen and oxygen atoms in total. The Balaban J connectivity index is 1.56. The highest BCUT2D eigenvalue weighted by Gasteiger charge is 2.20. The average molecular weight is 326 g/mol. The second kappa shape index (κ2) is 8.11. The fourth-order valence-electron chi connectivity index (χ4n) is 3.42. The zero-order valence-electron chi connectivity index (χ0n) is 14.3. The monoisotopic (exact) mass is 326 g/mol. The number of aromatic nitrogens is 2. The summed E-state index contributed by atoms with van der Waals surface area (Å²) >= 11 is 0. The predicted molar refractivity (Wildman–Crippen MR) is 94.5 cm³/mol. The number of amides is 1. The molecule has 1 aromatic carbocycles. The molecular weight excluding hydrogens is 300 g/mol. The van der Waals surface area contributed by atoms with Gasteiger partial charge in [-0.05, 0) is 42.5 Å². The number of hydrogen-bond acceptors (Lipinski definition) is 3. The summed E-state index contributed by atoms with van der Waals surface area (Å²) in [6, 6.07) is 10.7. The fraction of sp³-hybridized carbons (Fsp3) is 0.474. The molecule has 1 aromatic heterocycles. The number of rotatable bonds is 6. The third-order valence-electron chi connectivity index (χ3n) is 4.54. The Kier molecular flexibility index (Phi) is 5.64. The Hall–Kier alpha value is -2.14. The van der Waals surface area contributed by atoms with Gasteiger partial charge < -0.3 is 5.32 Å². The van der Waals surface area contributed by atoms with Gasteiger partial charge in [-0.1, -0.05) is 24.3 Å². The number of carbonyl (C=O) groups is 1. The summed E-state index contributed by atoms with van der Waals surface area (Å²) in [5.74, 6) is 0.633. The summed E-state index contributed by atoms with van der Waals surface area (Å²) < 4.78 is 1.95. The van der Waals surface area contributed by atoms with Crippen molar-refractivity contribution in [3.05, 3.63) is 53.9 Å². The van der Waals surface area contributed by atoms with Crippen molar-refractivity contribution in [3.8, 4) is 0 Å². The molecule has 1 N–H and O–H groups in total. The molecule has 1 aliphatic heterocycles. The smallest absolute Gasteiger partial charge is 0.216 e. The number of nitrogens with one attached hydrogen (secondary N) is 1. The minimum atomic E-state index is 0.0680. The normalized spacial score (nSPS) is 18.5. The maximum absolute atomic E-state index is 11.1. The van der Waals surface area contributed by atoms with E-state index < -0.39 is 0 Å². The Morgan fingerprint density at radius 3 is 2.88 bits per heavy atom. The van der Waals surface area contributed by atoms with Crippen LogP contribution < -0.4 is 5.32 Å². The third-order valence-corrected chi connectivity index (χ3v) is 4.54. The van der Waals surface area contributed by atoms with Crippen LogP contribution in [0.25, 0.3) is 0 Å². The van der Waals surface area contributed by atoms with Crippen LogP contribution in [0.4, 0.5) is 0 Å². The molecule has 0 radical (unpaired) electrons. The van der Waals surface area contributed by atoms with Crippen LogP contribution in [0.3, 0.4) is 0 Å². The van der Waals surface area contributed by atoms with Gasteiger partial charge in [-0.3, -0.25) is 14.4 Å². The second-order valence-corrected chi connectivity index (χ2v) is 6.70. The van der Waals surface area contributed by atoms with Gasteiger partial charge in [0.2, 0.25) is 5.91 Å². The molecule has 0 spiro atoms. The lowest BCUT2D eigenvalue weighted by Crippen LogP contribution is -2.40. The summed E-state index contributed by atoms with van der Waals surface area (Å²) in [6.45, 7) is 6.37. The van der Waals surface area contributed by atoms with E-state index in [1.54, 1.807) is 6.92 Å². The van der Waals surface area contributed by atoms with Crippen LogP contribution in [-0.2, 0) is 17.9 Å². The van der Waals surface area contributed by atoms with Crippen molar-refractivity contribution in [2.45, 2.75) is 32.9 Å². The van der Waals surface area contributed by atoms with Crippen molar-refractivity contribution in [2.24, 2.45) is 5.92 Å². The van der Waals surface area contributed by atoms with Crippen molar-refractivity contribution in [2.75, 3.05) is 19.6 Å². The second-order valence-electron chi connectivity index (χ2n) is 6.70. The zero-order valence-corrected chi connectivity index (χ0v) is 14.3. The lowest BCUT2D eigenvalue weighted by Gasteiger charge is -2.32. The van der Waals surface area contributed by atoms with E-state index in [0.717, 1.165) is 32.7 Å². The Morgan fingerprint density at radius 1 is 1.29 bits per heavy atom. The summed E-state index contributed by atoms with van der Waals surface area (Å²) in [6.07, 6.45) is 6.21. The topological polar surface area (TPSA) is 50.2 Å². The highest BCUT2D eigenvalue weighted by molar-refractivity contribution is 5.72. The van der Waals surface area contributed by atoms with E-state index in [1.807, 2.05) is 23.1 Å². The molecule has 0 aliphatic carbocycles. The standard InChI is InChI=1S/C19H26N4O/c1-16(24)20-12-19-7-3-9-22(14-19)13-17-5-2-6-18(11-17)15-23-10-4-8-21-23/h2,4-6,8,10-11,19H,3,7,9,12-15H2,1H3,(H,20,24). The first-order valence-corrected chi connectivity index (χ1v) is 8.71. The highest BCUT2D eigenvalue weighted by atomic mass is 16.1. The molecule has 128 valence electrons. The van der Waals surface area contributed by atoms with E-state index in [4.69, 9.17) is 0 Å². The molecule has 1 unspecified atom stereocenters. The summed E-state index contributed by atoms with van der Waals surface area (Å²) in [7, 11) is 0. The van der Waals surface area contributed by atoms with Crippen LogP contribution in [0.2, 0.25) is 0 Å². The van der Waals surface area contributed by atoms with Crippen molar-refractivity contribution in [3.63, 3.8) is 0 Å². The fourth-order valence-corrected chi connectivity index (χ4v) is 3.42. The van der Waals surface area contributed by atoms with Gasteiger partial charge in [0, 0.05) is 39.0 Å². The van der Waals surface area contributed by atoms with E-state index in [0.29, 0.717) is 5.92 Å². The van der Waals surface area contributed by atoms with Crippen molar-refractivity contribution in [1.29, 1.82) is 0 Å². The van der Waals surface area contributed by atoms with E-state index in [2.05, 4.69) is 39.6 Å². The zero-order chi connectivity index (χ0) is 16.8. The van der Waals surface area contributed by atoms with Gasteiger partial charge in [0.15, 0.2) is 0 Å². The SMILES string of the molecule is CC(=O)NCC1CCCN(Cc2cccc(Cn3cccn3)c2)C1. The average Bonchev–Trinajstić information content (AvgIpc) is 3.07. The lowest BCUT2D eigenvalue weighted by molar-refractivity contribution is -0.119. The van der Waals surface area contributed by atoms with Gasteiger partial charge in [-0.15, -0.1) is 0 Å². The van der Waals surface area contributed by atoms with Gasteiger partial charge in [-0.25, -0.2) is 0 Å². The first-order chi connectivity index (χ1) is 11.7. The predicted octanol–water partition coefficient (Wildman–Crippen LogP) is 2.28. The van der Waals surface area contributed by atoms with Crippen molar-refractivity contribution < 1.29 is 4.79 Å². The molecular formula is C19H26N4O. The molecule has 0 saturated carbocycles. The van der Waals surface area contributed by atoms with Crippen LogP contribution in [0.15, 0.2) is 42.7 Å². The van der Waals surface area contributed by atoms with Crippen LogP contribution in [-0.4, -0.2) is 40.2 Å². The van der Waals surface area contributed by atoms with Gasteiger partial charge in [0.05, 0.1) is 6.54 Å². The third kappa shape index (κ3) is 4.93.